The highest BCUT2D eigenvalue weighted by molar-refractivity contribution is 7.92. The zero-order valence-electron chi connectivity index (χ0n) is 24.4. The van der Waals surface area contributed by atoms with Gasteiger partial charge in [-0.1, -0.05) is 17.7 Å². The minimum atomic E-state index is -5.08. The summed E-state index contributed by atoms with van der Waals surface area (Å²) in [7, 11) is -3.91. The van der Waals surface area contributed by atoms with E-state index in [1.807, 2.05) is 13.8 Å². The number of rotatable bonds is 9. The van der Waals surface area contributed by atoms with Crippen molar-refractivity contribution < 1.29 is 60.4 Å². The SMILES string of the molecule is CC1CN(CCCOC(=O)c2ccc(CS(=O)(=O)c3cc(-c4cc(F)ccc4O)c(Cl)s3)cc2O)CC(C)O1.O=C(O)C(F)(F)F. The molecule has 2 unspecified atom stereocenters. The van der Waals surface area contributed by atoms with Gasteiger partial charge in [-0.2, -0.15) is 13.2 Å². The first-order valence-corrected chi connectivity index (χ1v) is 16.4. The lowest BCUT2D eigenvalue weighted by Crippen LogP contribution is -2.45. The highest BCUT2D eigenvalue weighted by atomic mass is 35.5. The molecule has 17 heteroatoms. The summed E-state index contributed by atoms with van der Waals surface area (Å²) < 4.78 is 82.5. The number of hydrogen-bond donors (Lipinski definition) is 3. The molecular weight excluding hydrogens is 682 g/mol. The molecule has 10 nitrogen and oxygen atoms in total. The number of aliphatic carboxylic acids is 1. The largest absolute Gasteiger partial charge is 0.507 e. The minimum Gasteiger partial charge on any atom is -0.507 e. The standard InChI is InChI=1S/C27H29ClFNO7S2.C2HF3O2/c1-16-13-30(14-17(2)37-16)8-3-9-36-27(33)20-6-4-18(10-24(20)32)15-39(34,35)25-12-22(26(28)38-25)21-11-19(29)5-7-23(21)31;3-2(4,5)1(6)7/h4-7,10-12,16-17,31-32H,3,8-9,13-15H2,1-2H3;(H,6,7). The number of nitrogens with zero attached hydrogens (tertiary/aromatic N) is 1. The number of morpholine rings is 1. The van der Waals surface area contributed by atoms with E-state index in [1.165, 1.54) is 24.3 Å². The number of carbonyl (C=O) groups excluding carboxylic acids is 1. The van der Waals surface area contributed by atoms with Crippen LogP contribution < -0.4 is 0 Å². The number of hydrogen-bond acceptors (Lipinski definition) is 10. The summed E-state index contributed by atoms with van der Waals surface area (Å²) in [6.07, 6.45) is -4.16. The van der Waals surface area contributed by atoms with Crippen LogP contribution in [0, 0.1) is 5.82 Å². The topological polar surface area (TPSA) is 151 Å². The predicted octanol–water partition coefficient (Wildman–Crippen LogP) is 5.88. The van der Waals surface area contributed by atoms with Crippen LogP contribution in [0.15, 0.2) is 46.7 Å². The number of ether oxygens (including phenoxy) is 2. The van der Waals surface area contributed by atoms with E-state index < -0.39 is 45.3 Å². The third-order valence-electron chi connectivity index (χ3n) is 6.45. The Bertz CT molecular complexity index is 1650. The number of aromatic hydroxyl groups is 2. The quantitative estimate of drug-likeness (QED) is 0.139. The first-order chi connectivity index (χ1) is 21.4. The van der Waals surface area contributed by atoms with Gasteiger partial charge in [0.1, 0.15) is 31.4 Å². The first-order valence-electron chi connectivity index (χ1n) is 13.5. The van der Waals surface area contributed by atoms with Crippen LogP contribution in [0.25, 0.3) is 11.1 Å². The second kappa shape index (κ2) is 15.4. The number of thiophene rings is 1. The predicted molar refractivity (Wildman–Crippen MR) is 160 cm³/mol. The summed E-state index contributed by atoms with van der Waals surface area (Å²) in [5, 5.41) is 27.6. The molecule has 2 atom stereocenters. The van der Waals surface area contributed by atoms with Gasteiger partial charge in [-0.05, 0) is 62.2 Å². The summed E-state index contributed by atoms with van der Waals surface area (Å²) in [5.74, 6) is -5.17. The molecule has 1 saturated heterocycles. The lowest BCUT2D eigenvalue weighted by molar-refractivity contribution is -0.192. The Balaban J connectivity index is 0.000000738. The van der Waals surface area contributed by atoms with Crippen LogP contribution >= 0.6 is 22.9 Å². The molecule has 3 N–H and O–H groups in total. The Hall–Kier alpha value is -3.44. The van der Waals surface area contributed by atoms with Gasteiger partial charge in [0.25, 0.3) is 0 Å². The van der Waals surface area contributed by atoms with Gasteiger partial charge < -0.3 is 24.8 Å². The zero-order valence-corrected chi connectivity index (χ0v) is 26.8. The Labute approximate surface area is 270 Å². The number of halogens is 5. The van der Waals surface area contributed by atoms with Crippen LogP contribution in [0.1, 0.15) is 36.2 Å². The van der Waals surface area contributed by atoms with Crippen molar-refractivity contribution in [3.63, 3.8) is 0 Å². The number of carbonyl (C=O) groups is 2. The van der Waals surface area contributed by atoms with Crippen molar-refractivity contribution >= 4 is 44.7 Å². The fourth-order valence-electron chi connectivity index (χ4n) is 4.54. The van der Waals surface area contributed by atoms with E-state index in [2.05, 4.69) is 4.90 Å². The van der Waals surface area contributed by atoms with Gasteiger partial charge in [0.05, 0.1) is 24.6 Å². The van der Waals surface area contributed by atoms with Crippen LogP contribution in [0.5, 0.6) is 11.5 Å². The fraction of sp³-hybridized carbons (Fsp3) is 0.379. The maximum atomic E-state index is 13.7. The highest BCUT2D eigenvalue weighted by Crippen LogP contribution is 2.42. The normalized spacial score (nSPS) is 17.2. The number of phenols is 2. The zero-order chi connectivity index (χ0) is 34.4. The average molecular weight is 712 g/mol. The van der Waals surface area contributed by atoms with Crippen molar-refractivity contribution in [2.45, 2.75) is 48.6 Å². The van der Waals surface area contributed by atoms with Gasteiger partial charge in [0, 0.05) is 30.8 Å². The van der Waals surface area contributed by atoms with Crippen molar-refractivity contribution in [3.8, 4) is 22.6 Å². The van der Waals surface area contributed by atoms with E-state index in [9.17, 15) is 41.0 Å². The van der Waals surface area contributed by atoms with E-state index in [0.29, 0.717) is 6.42 Å². The molecule has 4 rings (SSSR count). The average Bonchev–Trinajstić information content (AvgIpc) is 3.34. The summed E-state index contributed by atoms with van der Waals surface area (Å²) in [5.41, 5.74) is 0.454. The van der Waals surface area contributed by atoms with E-state index >= 15 is 0 Å². The Morgan fingerprint density at radius 2 is 1.67 bits per heavy atom. The van der Waals surface area contributed by atoms with Gasteiger partial charge in [0.2, 0.25) is 0 Å². The summed E-state index contributed by atoms with van der Waals surface area (Å²) >= 11 is 7.00. The molecule has 0 amide bonds. The van der Waals surface area contributed by atoms with Gasteiger partial charge in [-0.15, -0.1) is 11.3 Å². The molecule has 1 fully saturated rings. The molecule has 1 aliphatic heterocycles. The van der Waals surface area contributed by atoms with Crippen LogP contribution in [0.3, 0.4) is 0 Å². The number of carboxylic acid groups (broad SMARTS) is 1. The Morgan fingerprint density at radius 1 is 1.04 bits per heavy atom. The third kappa shape index (κ3) is 10.3. The minimum absolute atomic E-state index is 0.0622. The Morgan fingerprint density at radius 3 is 2.26 bits per heavy atom. The second-order valence-electron chi connectivity index (χ2n) is 10.3. The number of alkyl halides is 3. The molecular formula is C29H30ClF4NO9S2. The first kappa shape index (κ1) is 37.0. The number of sulfone groups is 1. The monoisotopic (exact) mass is 711 g/mol. The molecule has 0 aliphatic carbocycles. The summed E-state index contributed by atoms with van der Waals surface area (Å²) in [6.45, 7) is 6.60. The van der Waals surface area contributed by atoms with Crippen LogP contribution in [0.2, 0.25) is 4.34 Å². The third-order valence-corrected chi connectivity index (χ3v) is 10.1. The highest BCUT2D eigenvalue weighted by Gasteiger charge is 2.38. The van der Waals surface area contributed by atoms with Crippen LogP contribution in [0.4, 0.5) is 17.6 Å². The summed E-state index contributed by atoms with van der Waals surface area (Å²) in [4.78, 5) is 23.6. The number of benzene rings is 2. The smallest absolute Gasteiger partial charge is 0.490 e. The molecule has 46 heavy (non-hydrogen) atoms. The van der Waals surface area contributed by atoms with Gasteiger partial charge in [0.15, 0.2) is 9.84 Å². The molecule has 1 aliphatic rings. The molecule has 0 bridgehead atoms. The molecule has 0 saturated carbocycles. The molecule has 0 spiro atoms. The number of carboxylic acids is 1. The summed E-state index contributed by atoms with van der Waals surface area (Å²) in [6, 6.07) is 8.55. The fourth-order valence-corrected chi connectivity index (χ4v) is 7.70. The molecule has 2 aromatic carbocycles. The van der Waals surface area contributed by atoms with Gasteiger partial charge in [-0.25, -0.2) is 22.4 Å². The lowest BCUT2D eigenvalue weighted by Gasteiger charge is -2.35. The molecule has 1 aromatic heterocycles. The van der Waals surface area contributed by atoms with Gasteiger partial charge in [-0.3, -0.25) is 4.90 Å². The molecule has 252 valence electrons. The van der Waals surface area contributed by atoms with Crippen molar-refractivity contribution in [3.05, 3.63) is 63.7 Å². The molecule has 2 heterocycles. The number of phenolic OH excluding ortho intramolecular Hbond substituents is 2. The Kier molecular flexibility index (Phi) is 12.4. The van der Waals surface area contributed by atoms with E-state index in [4.69, 9.17) is 31.0 Å². The maximum Gasteiger partial charge on any atom is 0.490 e. The van der Waals surface area contributed by atoms with Crippen LogP contribution in [-0.2, 0) is 29.9 Å². The lowest BCUT2D eigenvalue weighted by atomic mass is 10.1. The molecule has 0 radical (unpaired) electrons. The van der Waals surface area contributed by atoms with Gasteiger partial charge >= 0.3 is 18.1 Å². The maximum absolute atomic E-state index is 13.7. The van der Waals surface area contributed by atoms with Crippen molar-refractivity contribution in [1.82, 2.24) is 4.90 Å². The second-order valence-corrected chi connectivity index (χ2v) is 14.2. The number of esters is 1. The van der Waals surface area contributed by atoms with E-state index in [0.717, 1.165) is 49.2 Å². The molecule has 3 aromatic rings. The van der Waals surface area contributed by atoms with Crippen molar-refractivity contribution in [2.75, 3.05) is 26.2 Å². The van der Waals surface area contributed by atoms with Crippen molar-refractivity contribution in [2.24, 2.45) is 0 Å². The van der Waals surface area contributed by atoms with Crippen LogP contribution in [-0.4, -0.2) is 85.2 Å². The van der Waals surface area contributed by atoms with E-state index in [-0.39, 0.29) is 55.4 Å². The van der Waals surface area contributed by atoms with Crippen molar-refractivity contribution in [1.29, 1.82) is 0 Å². The van der Waals surface area contributed by atoms with E-state index in [1.54, 1.807) is 0 Å².